The molecular formula is C16H16N4O. The molecule has 0 atom stereocenters. The van der Waals surface area contributed by atoms with Gasteiger partial charge in [-0.3, -0.25) is 4.98 Å². The van der Waals surface area contributed by atoms with E-state index in [0.717, 1.165) is 48.2 Å². The van der Waals surface area contributed by atoms with Crippen molar-refractivity contribution in [2.75, 3.05) is 13.1 Å². The fraction of sp³-hybridized carbons (Fsp3) is 0.312. The molecule has 1 N–H and O–H groups in total. The monoisotopic (exact) mass is 280 g/mol. The largest absolute Gasteiger partial charge is 0.332 e. The fourth-order valence-electron chi connectivity index (χ4n) is 2.87. The van der Waals surface area contributed by atoms with Crippen LogP contribution in [0.25, 0.3) is 22.4 Å². The number of fused-ring (bicyclic) bond motifs is 1. The Balaban J connectivity index is 1.74. The smallest absolute Gasteiger partial charge is 0.277 e. The summed E-state index contributed by atoms with van der Waals surface area (Å²) in [6.45, 7) is 2.03. The molecule has 5 heteroatoms. The van der Waals surface area contributed by atoms with Gasteiger partial charge in [-0.25, -0.2) is 0 Å². The Bertz CT molecular complexity index is 756. The SMILES string of the molecule is c1ccc2c(-c3nc(C4CCNCC4)no3)nccc2c1. The summed E-state index contributed by atoms with van der Waals surface area (Å²) < 4.78 is 5.47. The number of pyridine rings is 1. The number of piperidine rings is 1. The van der Waals surface area contributed by atoms with Gasteiger partial charge in [-0.05, 0) is 37.4 Å². The van der Waals surface area contributed by atoms with Crippen molar-refractivity contribution in [3.8, 4) is 11.6 Å². The van der Waals surface area contributed by atoms with Crippen molar-refractivity contribution >= 4 is 10.8 Å². The zero-order valence-electron chi connectivity index (χ0n) is 11.6. The van der Waals surface area contributed by atoms with Crippen LogP contribution in [-0.4, -0.2) is 28.2 Å². The molecule has 1 aliphatic heterocycles. The molecule has 0 aliphatic carbocycles. The highest BCUT2D eigenvalue weighted by molar-refractivity contribution is 5.92. The van der Waals surface area contributed by atoms with Gasteiger partial charge in [0.05, 0.1) is 0 Å². The van der Waals surface area contributed by atoms with E-state index in [1.54, 1.807) is 6.20 Å². The molecule has 2 aromatic heterocycles. The first-order valence-electron chi connectivity index (χ1n) is 7.30. The summed E-state index contributed by atoms with van der Waals surface area (Å²) in [6, 6.07) is 10.1. The second kappa shape index (κ2) is 5.26. The van der Waals surface area contributed by atoms with Crippen LogP contribution in [0.3, 0.4) is 0 Å². The van der Waals surface area contributed by atoms with Gasteiger partial charge in [0.1, 0.15) is 5.69 Å². The summed E-state index contributed by atoms with van der Waals surface area (Å²) in [5.41, 5.74) is 0.765. The maximum atomic E-state index is 5.47. The molecule has 1 fully saturated rings. The van der Waals surface area contributed by atoms with Crippen LogP contribution in [-0.2, 0) is 0 Å². The van der Waals surface area contributed by atoms with Crippen LogP contribution in [0.15, 0.2) is 41.1 Å². The summed E-state index contributed by atoms with van der Waals surface area (Å²) in [7, 11) is 0. The molecule has 0 saturated carbocycles. The Hall–Kier alpha value is -2.27. The van der Waals surface area contributed by atoms with E-state index in [1.807, 2.05) is 24.3 Å². The van der Waals surface area contributed by atoms with Crippen LogP contribution in [0.4, 0.5) is 0 Å². The summed E-state index contributed by atoms with van der Waals surface area (Å²) in [5.74, 6) is 1.71. The predicted molar refractivity (Wildman–Crippen MR) is 79.9 cm³/mol. The van der Waals surface area contributed by atoms with Gasteiger partial charge in [-0.1, -0.05) is 29.4 Å². The molecular weight excluding hydrogens is 264 g/mol. The first kappa shape index (κ1) is 12.5. The first-order valence-corrected chi connectivity index (χ1v) is 7.30. The molecule has 1 aromatic carbocycles. The van der Waals surface area contributed by atoms with E-state index >= 15 is 0 Å². The third-order valence-electron chi connectivity index (χ3n) is 4.02. The fourth-order valence-corrected chi connectivity index (χ4v) is 2.87. The van der Waals surface area contributed by atoms with E-state index < -0.39 is 0 Å². The van der Waals surface area contributed by atoms with Crippen LogP contribution in [0.5, 0.6) is 0 Å². The number of hydrogen-bond donors (Lipinski definition) is 1. The van der Waals surface area contributed by atoms with E-state index in [0.29, 0.717) is 11.8 Å². The maximum absolute atomic E-state index is 5.47. The van der Waals surface area contributed by atoms with Gasteiger partial charge in [0.2, 0.25) is 0 Å². The molecule has 1 aliphatic rings. The summed E-state index contributed by atoms with van der Waals surface area (Å²) in [4.78, 5) is 9.01. The Kier molecular flexibility index (Phi) is 3.12. The minimum absolute atomic E-state index is 0.388. The molecule has 4 rings (SSSR count). The van der Waals surface area contributed by atoms with E-state index in [2.05, 4.69) is 26.5 Å². The number of rotatable bonds is 2. The lowest BCUT2D eigenvalue weighted by molar-refractivity contribution is 0.392. The zero-order chi connectivity index (χ0) is 14.1. The van der Waals surface area contributed by atoms with Crippen LogP contribution in [0.1, 0.15) is 24.6 Å². The van der Waals surface area contributed by atoms with Crippen LogP contribution < -0.4 is 5.32 Å². The topological polar surface area (TPSA) is 63.8 Å². The van der Waals surface area contributed by atoms with Gasteiger partial charge in [-0.15, -0.1) is 0 Å². The average molecular weight is 280 g/mol. The molecule has 0 radical (unpaired) electrons. The Morgan fingerprint density at radius 2 is 1.95 bits per heavy atom. The molecule has 0 amide bonds. The van der Waals surface area contributed by atoms with Crippen LogP contribution >= 0.6 is 0 Å². The quantitative estimate of drug-likeness (QED) is 0.782. The second-order valence-electron chi connectivity index (χ2n) is 5.36. The van der Waals surface area contributed by atoms with Crippen molar-refractivity contribution in [1.29, 1.82) is 0 Å². The van der Waals surface area contributed by atoms with Crippen molar-refractivity contribution in [2.45, 2.75) is 18.8 Å². The highest BCUT2D eigenvalue weighted by atomic mass is 16.5. The summed E-state index contributed by atoms with van der Waals surface area (Å²) in [5, 5.41) is 9.69. The number of nitrogens with one attached hydrogen (secondary N) is 1. The minimum Gasteiger partial charge on any atom is -0.332 e. The van der Waals surface area contributed by atoms with E-state index in [9.17, 15) is 0 Å². The Labute approximate surface area is 122 Å². The van der Waals surface area contributed by atoms with Gasteiger partial charge in [0.25, 0.3) is 5.89 Å². The van der Waals surface area contributed by atoms with Crippen molar-refractivity contribution in [3.05, 3.63) is 42.4 Å². The standard InChI is InChI=1S/C16H16N4O/c1-2-4-13-11(3-1)7-10-18-14(13)16-19-15(20-21-16)12-5-8-17-9-6-12/h1-4,7,10,12,17H,5-6,8-9H2. The Morgan fingerprint density at radius 3 is 2.86 bits per heavy atom. The van der Waals surface area contributed by atoms with Crippen molar-refractivity contribution in [2.24, 2.45) is 0 Å². The van der Waals surface area contributed by atoms with Crippen LogP contribution in [0.2, 0.25) is 0 Å². The van der Waals surface area contributed by atoms with Gasteiger partial charge >= 0.3 is 0 Å². The highest BCUT2D eigenvalue weighted by Crippen LogP contribution is 2.28. The lowest BCUT2D eigenvalue weighted by Gasteiger charge is -2.18. The molecule has 3 heterocycles. The third-order valence-corrected chi connectivity index (χ3v) is 4.02. The molecule has 106 valence electrons. The molecule has 0 unspecified atom stereocenters. The number of hydrogen-bond acceptors (Lipinski definition) is 5. The molecule has 1 saturated heterocycles. The third kappa shape index (κ3) is 2.29. The minimum atomic E-state index is 0.388. The summed E-state index contributed by atoms with van der Waals surface area (Å²) >= 11 is 0. The van der Waals surface area contributed by atoms with E-state index in [1.165, 1.54) is 0 Å². The van der Waals surface area contributed by atoms with E-state index in [4.69, 9.17) is 4.52 Å². The Morgan fingerprint density at radius 1 is 1.10 bits per heavy atom. The number of aromatic nitrogens is 3. The van der Waals surface area contributed by atoms with Gasteiger partial charge < -0.3 is 9.84 Å². The van der Waals surface area contributed by atoms with Gasteiger partial charge in [0.15, 0.2) is 5.82 Å². The lowest BCUT2D eigenvalue weighted by atomic mass is 9.98. The number of benzene rings is 1. The van der Waals surface area contributed by atoms with E-state index in [-0.39, 0.29) is 0 Å². The highest BCUT2D eigenvalue weighted by Gasteiger charge is 2.22. The molecule has 0 bridgehead atoms. The first-order chi connectivity index (χ1) is 10.4. The predicted octanol–water partition coefficient (Wildman–Crippen LogP) is 2.75. The average Bonchev–Trinajstić information content (AvgIpc) is 3.05. The zero-order valence-corrected chi connectivity index (χ0v) is 11.6. The number of nitrogens with zero attached hydrogens (tertiary/aromatic N) is 3. The molecule has 5 nitrogen and oxygen atoms in total. The van der Waals surface area contributed by atoms with Crippen molar-refractivity contribution < 1.29 is 4.52 Å². The van der Waals surface area contributed by atoms with Gasteiger partial charge in [0, 0.05) is 17.5 Å². The molecule has 3 aromatic rings. The van der Waals surface area contributed by atoms with Crippen molar-refractivity contribution in [3.63, 3.8) is 0 Å². The molecule has 0 spiro atoms. The van der Waals surface area contributed by atoms with Crippen LogP contribution in [0, 0.1) is 0 Å². The van der Waals surface area contributed by atoms with Crippen molar-refractivity contribution in [1.82, 2.24) is 20.4 Å². The van der Waals surface area contributed by atoms with Gasteiger partial charge in [-0.2, -0.15) is 4.98 Å². The summed E-state index contributed by atoms with van der Waals surface area (Å²) in [6.07, 6.45) is 3.90. The maximum Gasteiger partial charge on any atom is 0.277 e. The lowest BCUT2D eigenvalue weighted by Crippen LogP contribution is -2.27. The molecule has 21 heavy (non-hydrogen) atoms. The normalized spacial score (nSPS) is 16.4. The second-order valence-corrected chi connectivity index (χ2v) is 5.36.